The van der Waals surface area contributed by atoms with Gasteiger partial charge in [0.25, 0.3) is 0 Å². The monoisotopic (exact) mass is 152 g/mol. The Morgan fingerprint density at radius 2 is 2.36 bits per heavy atom. The second-order valence-electron chi connectivity index (χ2n) is 3.46. The average molecular weight is 152 g/mol. The fraction of sp³-hybridized carbons (Fsp3) is 0.778. The SMILES string of the molecule is C1=CNCC2CCCCN2C1. The molecule has 0 amide bonds. The van der Waals surface area contributed by atoms with Gasteiger partial charge in [0.15, 0.2) is 0 Å². The van der Waals surface area contributed by atoms with Crippen molar-refractivity contribution in [1.82, 2.24) is 10.2 Å². The molecule has 1 N–H and O–H groups in total. The summed E-state index contributed by atoms with van der Waals surface area (Å²) in [6.07, 6.45) is 8.52. The molecule has 2 aliphatic heterocycles. The first kappa shape index (κ1) is 7.17. The summed E-state index contributed by atoms with van der Waals surface area (Å²) in [7, 11) is 0. The highest BCUT2D eigenvalue weighted by atomic mass is 15.2. The van der Waals surface area contributed by atoms with Gasteiger partial charge in [-0.15, -0.1) is 0 Å². The Kier molecular flexibility index (Phi) is 2.13. The van der Waals surface area contributed by atoms with E-state index in [1.807, 2.05) is 0 Å². The third kappa shape index (κ3) is 1.56. The highest BCUT2D eigenvalue weighted by Gasteiger charge is 2.21. The van der Waals surface area contributed by atoms with Crippen LogP contribution in [-0.2, 0) is 0 Å². The van der Waals surface area contributed by atoms with E-state index in [4.69, 9.17) is 0 Å². The van der Waals surface area contributed by atoms with Gasteiger partial charge in [0.2, 0.25) is 0 Å². The minimum atomic E-state index is 0.804. The van der Waals surface area contributed by atoms with E-state index in [0.717, 1.165) is 19.1 Å². The minimum absolute atomic E-state index is 0.804. The number of nitrogens with one attached hydrogen (secondary N) is 1. The van der Waals surface area contributed by atoms with Crippen LogP contribution in [0.25, 0.3) is 0 Å². The first-order chi connectivity index (χ1) is 5.47. The zero-order valence-corrected chi connectivity index (χ0v) is 6.92. The number of hydrogen-bond acceptors (Lipinski definition) is 2. The average Bonchev–Trinajstić information content (AvgIpc) is 2.28. The second kappa shape index (κ2) is 3.26. The lowest BCUT2D eigenvalue weighted by atomic mass is 10.0. The topological polar surface area (TPSA) is 15.3 Å². The van der Waals surface area contributed by atoms with Crippen molar-refractivity contribution in [3.05, 3.63) is 12.3 Å². The minimum Gasteiger partial charge on any atom is -0.390 e. The summed E-state index contributed by atoms with van der Waals surface area (Å²) in [5.41, 5.74) is 0. The van der Waals surface area contributed by atoms with Crippen LogP contribution in [0.1, 0.15) is 19.3 Å². The van der Waals surface area contributed by atoms with Crippen LogP contribution in [0.15, 0.2) is 12.3 Å². The van der Waals surface area contributed by atoms with E-state index in [2.05, 4.69) is 22.5 Å². The zero-order chi connectivity index (χ0) is 7.52. The van der Waals surface area contributed by atoms with E-state index in [-0.39, 0.29) is 0 Å². The Bertz CT molecular complexity index is 154. The fourth-order valence-corrected chi connectivity index (χ4v) is 2.01. The largest absolute Gasteiger partial charge is 0.390 e. The van der Waals surface area contributed by atoms with Crippen molar-refractivity contribution < 1.29 is 0 Å². The summed E-state index contributed by atoms with van der Waals surface area (Å²) in [4.78, 5) is 2.58. The molecule has 0 aromatic rings. The second-order valence-corrected chi connectivity index (χ2v) is 3.46. The molecule has 0 radical (unpaired) electrons. The molecule has 1 atom stereocenters. The van der Waals surface area contributed by atoms with Gasteiger partial charge in [-0.1, -0.05) is 12.5 Å². The van der Waals surface area contributed by atoms with Crippen molar-refractivity contribution in [3.8, 4) is 0 Å². The molecule has 1 saturated heterocycles. The molecule has 2 rings (SSSR count). The van der Waals surface area contributed by atoms with Gasteiger partial charge in [-0.2, -0.15) is 0 Å². The summed E-state index contributed by atoms with van der Waals surface area (Å²) in [5, 5.41) is 3.32. The van der Waals surface area contributed by atoms with Gasteiger partial charge in [-0.05, 0) is 25.6 Å². The molecule has 62 valence electrons. The van der Waals surface area contributed by atoms with Crippen LogP contribution >= 0.6 is 0 Å². The van der Waals surface area contributed by atoms with Crippen molar-refractivity contribution in [3.63, 3.8) is 0 Å². The van der Waals surface area contributed by atoms with Crippen molar-refractivity contribution in [2.75, 3.05) is 19.6 Å². The molecule has 1 unspecified atom stereocenters. The Balaban J connectivity index is 1.98. The van der Waals surface area contributed by atoms with Gasteiger partial charge in [-0.3, -0.25) is 4.90 Å². The summed E-state index contributed by atoms with van der Waals surface area (Å²) < 4.78 is 0. The number of hydrogen-bond donors (Lipinski definition) is 1. The standard InChI is InChI=1S/C9H16N2/c1-2-6-11-7-3-5-10-8-9(11)4-1/h3,5,9-10H,1-2,4,6-8H2. The Morgan fingerprint density at radius 3 is 3.36 bits per heavy atom. The van der Waals surface area contributed by atoms with Crippen LogP contribution in [0, 0.1) is 0 Å². The maximum absolute atomic E-state index is 3.32. The molecule has 0 spiro atoms. The summed E-state index contributed by atoms with van der Waals surface area (Å²) in [6, 6.07) is 0.804. The first-order valence-electron chi connectivity index (χ1n) is 4.59. The first-order valence-corrected chi connectivity index (χ1v) is 4.59. The highest BCUT2D eigenvalue weighted by molar-refractivity contribution is 4.92. The van der Waals surface area contributed by atoms with E-state index in [0.29, 0.717) is 0 Å². The van der Waals surface area contributed by atoms with Crippen LogP contribution in [-0.4, -0.2) is 30.6 Å². The van der Waals surface area contributed by atoms with Gasteiger partial charge >= 0.3 is 0 Å². The smallest absolute Gasteiger partial charge is 0.0297 e. The van der Waals surface area contributed by atoms with Crippen LogP contribution in [0.4, 0.5) is 0 Å². The molecule has 0 aromatic carbocycles. The summed E-state index contributed by atoms with van der Waals surface area (Å²) in [5.74, 6) is 0. The van der Waals surface area contributed by atoms with Crippen LogP contribution in [0.2, 0.25) is 0 Å². The molecule has 2 nitrogen and oxygen atoms in total. The molecular weight excluding hydrogens is 136 g/mol. The number of piperidine rings is 1. The number of rotatable bonds is 0. The molecular formula is C9H16N2. The fourth-order valence-electron chi connectivity index (χ4n) is 2.01. The van der Waals surface area contributed by atoms with Gasteiger partial charge < -0.3 is 5.32 Å². The molecule has 0 bridgehead atoms. The van der Waals surface area contributed by atoms with E-state index in [1.165, 1.54) is 25.8 Å². The van der Waals surface area contributed by atoms with Gasteiger partial charge in [0.05, 0.1) is 0 Å². The summed E-state index contributed by atoms with van der Waals surface area (Å²) in [6.45, 7) is 3.60. The number of nitrogens with zero attached hydrogens (tertiary/aromatic N) is 1. The van der Waals surface area contributed by atoms with Crippen LogP contribution < -0.4 is 5.32 Å². The van der Waals surface area contributed by atoms with Crippen molar-refractivity contribution in [2.24, 2.45) is 0 Å². The molecule has 2 heterocycles. The lowest BCUT2D eigenvalue weighted by Crippen LogP contribution is -2.43. The van der Waals surface area contributed by atoms with E-state index >= 15 is 0 Å². The molecule has 2 aliphatic rings. The lowest BCUT2D eigenvalue weighted by Gasteiger charge is -2.33. The normalized spacial score (nSPS) is 32.2. The molecule has 0 saturated carbocycles. The van der Waals surface area contributed by atoms with Crippen molar-refractivity contribution in [2.45, 2.75) is 25.3 Å². The Labute approximate surface area is 68.3 Å². The Hall–Kier alpha value is -0.500. The third-order valence-corrected chi connectivity index (χ3v) is 2.68. The highest BCUT2D eigenvalue weighted by Crippen LogP contribution is 2.16. The van der Waals surface area contributed by atoms with E-state index in [9.17, 15) is 0 Å². The quantitative estimate of drug-likeness (QED) is 0.556. The molecule has 0 aromatic heterocycles. The lowest BCUT2D eigenvalue weighted by molar-refractivity contribution is 0.169. The van der Waals surface area contributed by atoms with Crippen molar-refractivity contribution >= 4 is 0 Å². The van der Waals surface area contributed by atoms with Gasteiger partial charge in [-0.25, -0.2) is 0 Å². The maximum atomic E-state index is 3.32. The molecule has 0 aliphatic carbocycles. The predicted octanol–water partition coefficient (Wildman–Crippen LogP) is 0.958. The third-order valence-electron chi connectivity index (χ3n) is 2.68. The molecule has 11 heavy (non-hydrogen) atoms. The summed E-state index contributed by atoms with van der Waals surface area (Å²) >= 11 is 0. The maximum Gasteiger partial charge on any atom is 0.0297 e. The van der Waals surface area contributed by atoms with Gasteiger partial charge in [0, 0.05) is 19.1 Å². The molecule has 2 heteroatoms. The van der Waals surface area contributed by atoms with E-state index < -0.39 is 0 Å². The van der Waals surface area contributed by atoms with Crippen LogP contribution in [0.5, 0.6) is 0 Å². The van der Waals surface area contributed by atoms with Gasteiger partial charge in [0.1, 0.15) is 0 Å². The Morgan fingerprint density at radius 1 is 1.36 bits per heavy atom. The number of fused-ring (bicyclic) bond motifs is 1. The molecule has 1 fully saturated rings. The van der Waals surface area contributed by atoms with E-state index in [1.54, 1.807) is 0 Å². The van der Waals surface area contributed by atoms with Crippen molar-refractivity contribution in [1.29, 1.82) is 0 Å². The predicted molar refractivity (Wildman–Crippen MR) is 46.4 cm³/mol. The zero-order valence-electron chi connectivity index (χ0n) is 6.92. The van der Waals surface area contributed by atoms with Crippen LogP contribution in [0.3, 0.4) is 0 Å².